The molecular formula is C37H27N3S. The van der Waals surface area contributed by atoms with Crippen LogP contribution in [0.1, 0.15) is 11.7 Å². The van der Waals surface area contributed by atoms with E-state index in [0.717, 1.165) is 22.7 Å². The number of para-hydroxylation sites is 4. The van der Waals surface area contributed by atoms with Crippen molar-refractivity contribution in [1.82, 2.24) is 0 Å². The van der Waals surface area contributed by atoms with Crippen molar-refractivity contribution in [1.29, 1.82) is 0 Å². The van der Waals surface area contributed by atoms with Crippen molar-refractivity contribution in [2.24, 2.45) is 0 Å². The lowest BCUT2D eigenvalue weighted by molar-refractivity contribution is 0.769. The van der Waals surface area contributed by atoms with Crippen LogP contribution in [0.3, 0.4) is 0 Å². The van der Waals surface area contributed by atoms with Crippen molar-refractivity contribution in [3.05, 3.63) is 157 Å². The van der Waals surface area contributed by atoms with Crippen LogP contribution >= 0.6 is 11.8 Å². The van der Waals surface area contributed by atoms with Gasteiger partial charge in [0.1, 0.15) is 6.17 Å². The predicted octanol–water partition coefficient (Wildman–Crippen LogP) is 10.6. The molecule has 0 radical (unpaired) electrons. The number of nitrogens with zero attached hydrogens (tertiary/aromatic N) is 2. The van der Waals surface area contributed by atoms with Gasteiger partial charge in [-0.25, -0.2) is 0 Å². The summed E-state index contributed by atoms with van der Waals surface area (Å²) in [5.74, 6) is 0. The summed E-state index contributed by atoms with van der Waals surface area (Å²) in [5.41, 5.74) is 10.8. The first-order valence-electron chi connectivity index (χ1n) is 13.9. The molecule has 2 heterocycles. The van der Waals surface area contributed by atoms with Crippen molar-refractivity contribution in [3.63, 3.8) is 0 Å². The normalized spacial score (nSPS) is 14.6. The van der Waals surface area contributed by atoms with Gasteiger partial charge in [0.25, 0.3) is 0 Å². The van der Waals surface area contributed by atoms with Gasteiger partial charge in [-0.15, -0.1) is 0 Å². The average molecular weight is 546 g/mol. The van der Waals surface area contributed by atoms with E-state index in [-0.39, 0.29) is 6.17 Å². The van der Waals surface area contributed by atoms with Gasteiger partial charge in [0.05, 0.1) is 11.4 Å². The maximum atomic E-state index is 3.90. The summed E-state index contributed by atoms with van der Waals surface area (Å²) in [6, 6.07) is 54.2. The van der Waals surface area contributed by atoms with Crippen molar-refractivity contribution in [2.45, 2.75) is 16.0 Å². The zero-order valence-electron chi connectivity index (χ0n) is 22.3. The van der Waals surface area contributed by atoms with E-state index in [1.807, 2.05) is 11.8 Å². The zero-order valence-corrected chi connectivity index (χ0v) is 23.1. The monoisotopic (exact) mass is 545 g/mol. The first-order chi connectivity index (χ1) is 20.3. The molecule has 4 heteroatoms. The lowest BCUT2D eigenvalue weighted by Gasteiger charge is -2.42. The van der Waals surface area contributed by atoms with Crippen molar-refractivity contribution >= 4 is 45.9 Å². The van der Waals surface area contributed by atoms with Gasteiger partial charge in [-0.3, -0.25) is 0 Å². The Balaban J connectivity index is 1.29. The second-order valence-electron chi connectivity index (χ2n) is 10.3. The Kier molecular flexibility index (Phi) is 5.78. The van der Waals surface area contributed by atoms with Crippen LogP contribution in [0.5, 0.6) is 0 Å². The third-order valence-corrected chi connectivity index (χ3v) is 8.97. The minimum absolute atomic E-state index is 0.0490. The molecule has 196 valence electrons. The molecule has 6 aromatic rings. The SMILES string of the molecule is c1ccc(N(c2ccccc2)c2ccc3c(c2)Sc2ccccc2N3C2Nc3ccccc3-c3ccccc32)cc1. The largest absolute Gasteiger partial charge is 0.361 e. The Bertz CT molecular complexity index is 1830. The second kappa shape index (κ2) is 9.92. The predicted molar refractivity (Wildman–Crippen MR) is 172 cm³/mol. The topological polar surface area (TPSA) is 18.5 Å². The first-order valence-corrected chi connectivity index (χ1v) is 14.7. The molecule has 0 fully saturated rings. The average Bonchev–Trinajstić information content (AvgIpc) is 3.04. The summed E-state index contributed by atoms with van der Waals surface area (Å²) < 4.78 is 0. The standard InChI is InChI=1S/C37H27N3S/c1-3-13-26(14-4-1)39(27-15-5-2-6-16-27)28-23-24-34-36(25-28)41-35-22-12-11-21-33(35)40(34)37-31-19-8-7-17-29(31)30-18-9-10-20-32(30)38-37/h1-25,37-38H. The Morgan fingerprint density at radius 1 is 0.512 bits per heavy atom. The molecule has 8 rings (SSSR count). The highest BCUT2D eigenvalue weighted by Crippen LogP contribution is 2.54. The number of anilines is 6. The van der Waals surface area contributed by atoms with Crippen molar-refractivity contribution in [3.8, 4) is 11.1 Å². The van der Waals surface area contributed by atoms with Crippen LogP contribution < -0.4 is 15.1 Å². The highest BCUT2D eigenvalue weighted by atomic mass is 32.2. The fourth-order valence-corrected chi connectivity index (χ4v) is 7.15. The van der Waals surface area contributed by atoms with E-state index in [4.69, 9.17) is 0 Å². The second-order valence-corrected chi connectivity index (χ2v) is 11.4. The molecule has 0 aromatic heterocycles. The highest BCUT2D eigenvalue weighted by Gasteiger charge is 2.34. The molecule has 1 atom stereocenters. The van der Waals surface area contributed by atoms with E-state index < -0.39 is 0 Å². The van der Waals surface area contributed by atoms with E-state index in [2.05, 4.69) is 167 Å². The minimum Gasteiger partial charge on any atom is -0.361 e. The van der Waals surface area contributed by atoms with E-state index in [0.29, 0.717) is 0 Å². The third-order valence-electron chi connectivity index (χ3n) is 7.86. The summed E-state index contributed by atoms with van der Waals surface area (Å²) >= 11 is 1.84. The Labute approximate surface area is 244 Å². The number of hydrogen-bond acceptors (Lipinski definition) is 4. The van der Waals surface area contributed by atoms with Gasteiger partial charge in [0.15, 0.2) is 0 Å². The molecule has 0 bridgehead atoms. The molecule has 1 N–H and O–H groups in total. The van der Waals surface area contributed by atoms with E-state index in [1.165, 1.54) is 37.9 Å². The molecule has 41 heavy (non-hydrogen) atoms. The van der Waals surface area contributed by atoms with E-state index in [9.17, 15) is 0 Å². The molecule has 0 saturated carbocycles. The van der Waals surface area contributed by atoms with Crippen LogP contribution in [0.15, 0.2) is 161 Å². The van der Waals surface area contributed by atoms with E-state index in [1.54, 1.807) is 0 Å². The quantitative estimate of drug-likeness (QED) is 0.237. The summed E-state index contributed by atoms with van der Waals surface area (Å²) in [4.78, 5) is 7.29. The third kappa shape index (κ3) is 4.07. The molecule has 1 unspecified atom stereocenters. The first kappa shape index (κ1) is 23.9. The Hall–Kier alpha value is -4.93. The minimum atomic E-state index is -0.0490. The van der Waals surface area contributed by atoms with Gasteiger partial charge in [-0.2, -0.15) is 0 Å². The summed E-state index contributed by atoms with van der Waals surface area (Å²) in [7, 11) is 0. The van der Waals surface area contributed by atoms with Crippen molar-refractivity contribution < 1.29 is 0 Å². The van der Waals surface area contributed by atoms with Gasteiger partial charge in [-0.1, -0.05) is 103 Å². The summed E-state index contributed by atoms with van der Waals surface area (Å²) in [5, 5.41) is 3.90. The molecule has 2 aliphatic heterocycles. The maximum Gasteiger partial charge on any atom is 0.131 e. The number of nitrogens with one attached hydrogen (secondary N) is 1. The summed E-state index contributed by atoms with van der Waals surface area (Å²) in [6.07, 6.45) is -0.0490. The van der Waals surface area contributed by atoms with Gasteiger partial charge in [-0.05, 0) is 66.2 Å². The lowest BCUT2D eigenvalue weighted by Crippen LogP contribution is -2.34. The maximum absolute atomic E-state index is 3.90. The highest BCUT2D eigenvalue weighted by molar-refractivity contribution is 7.99. The zero-order chi connectivity index (χ0) is 27.2. The van der Waals surface area contributed by atoms with E-state index >= 15 is 0 Å². The number of fused-ring (bicyclic) bond motifs is 5. The molecule has 6 aromatic carbocycles. The van der Waals surface area contributed by atoms with Gasteiger partial charge < -0.3 is 15.1 Å². The van der Waals surface area contributed by atoms with Crippen LogP contribution in [0, 0.1) is 0 Å². The van der Waals surface area contributed by atoms with Crippen LogP contribution in [-0.4, -0.2) is 0 Å². The van der Waals surface area contributed by atoms with Crippen LogP contribution in [0.4, 0.5) is 34.1 Å². The van der Waals surface area contributed by atoms with Crippen LogP contribution in [0.25, 0.3) is 11.1 Å². The van der Waals surface area contributed by atoms with Crippen molar-refractivity contribution in [2.75, 3.05) is 15.1 Å². The molecule has 0 amide bonds. The van der Waals surface area contributed by atoms with Crippen LogP contribution in [-0.2, 0) is 0 Å². The molecular weight excluding hydrogens is 518 g/mol. The molecule has 2 aliphatic rings. The number of rotatable bonds is 4. The van der Waals surface area contributed by atoms with Gasteiger partial charge in [0.2, 0.25) is 0 Å². The molecule has 0 saturated heterocycles. The lowest BCUT2D eigenvalue weighted by atomic mass is 9.91. The Morgan fingerprint density at radius 3 is 1.90 bits per heavy atom. The van der Waals surface area contributed by atoms with Crippen LogP contribution in [0.2, 0.25) is 0 Å². The van der Waals surface area contributed by atoms with Gasteiger partial charge in [0, 0.05) is 43.7 Å². The summed E-state index contributed by atoms with van der Waals surface area (Å²) in [6.45, 7) is 0. The Morgan fingerprint density at radius 2 is 1.12 bits per heavy atom. The smallest absolute Gasteiger partial charge is 0.131 e. The molecule has 3 nitrogen and oxygen atoms in total. The molecule has 0 spiro atoms. The molecule has 0 aliphatic carbocycles. The number of benzene rings is 6. The van der Waals surface area contributed by atoms with Gasteiger partial charge >= 0.3 is 0 Å². The fraction of sp³-hybridized carbons (Fsp3) is 0.0270. The fourth-order valence-electron chi connectivity index (χ4n) is 6.05. The number of hydrogen-bond donors (Lipinski definition) is 1.